The Morgan fingerprint density at radius 3 is 1.62 bits per heavy atom. The van der Waals surface area contributed by atoms with Crippen molar-refractivity contribution in [3.05, 3.63) is 72.8 Å². The highest BCUT2D eigenvalue weighted by Crippen LogP contribution is 2.45. The van der Waals surface area contributed by atoms with Gasteiger partial charge < -0.3 is 14.8 Å². The molecule has 0 spiro atoms. The molecule has 0 amide bonds. The van der Waals surface area contributed by atoms with Gasteiger partial charge in [-0.3, -0.25) is 4.57 Å². The van der Waals surface area contributed by atoms with Gasteiger partial charge >= 0.3 is 0 Å². The third-order valence-corrected chi connectivity index (χ3v) is 7.70. The Balaban J connectivity index is 2.44. The van der Waals surface area contributed by atoms with E-state index >= 15 is 0 Å². The summed E-state index contributed by atoms with van der Waals surface area (Å²) in [6.07, 6.45) is 0. The predicted molar refractivity (Wildman–Crippen MR) is 96.4 cm³/mol. The number of hydrogen-bond donors (Lipinski definition) is 2. The Morgan fingerprint density at radius 1 is 0.708 bits per heavy atom. The van der Waals surface area contributed by atoms with Crippen LogP contribution in [0.15, 0.2) is 72.8 Å². The van der Waals surface area contributed by atoms with Crippen molar-refractivity contribution in [2.24, 2.45) is 0 Å². The first-order valence-electron chi connectivity index (χ1n) is 7.19. The lowest BCUT2D eigenvalue weighted by molar-refractivity contribution is 0.466. The quantitative estimate of drug-likeness (QED) is 0.557. The first kappa shape index (κ1) is 16.4. The molecular formula is C18H14O4P2. The van der Waals surface area contributed by atoms with E-state index in [0.717, 1.165) is 0 Å². The summed E-state index contributed by atoms with van der Waals surface area (Å²) in [5.74, 6) is -0.534. The minimum absolute atomic E-state index is 0.00318. The van der Waals surface area contributed by atoms with Gasteiger partial charge in [-0.05, 0) is 12.1 Å². The van der Waals surface area contributed by atoms with E-state index in [-0.39, 0.29) is 22.1 Å². The van der Waals surface area contributed by atoms with Gasteiger partial charge in [-0.25, -0.2) is 0 Å². The van der Waals surface area contributed by atoms with Crippen LogP contribution < -0.4 is 21.2 Å². The van der Waals surface area contributed by atoms with Crippen molar-refractivity contribution in [3.63, 3.8) is 0 Å². The predicted octanol–water partition coefficient (Wildman–Crippen LogP) is 2.65. The van der Waals surface area contributed by atoms with Gasteiger partial charge in [0, 0.05) is 10.6 Å². The molecule has 0 aliphatic carbocycles. The molecule has 0 atom stereocenters. The number of benzene rings is 3. The molecule has 120 valence electrons. The molecule has 0 radical (unpaired) electrons. The van der Waals surface area contributed by atoms with Gasteiger partial charge in [-0.2, -0.15) is 0 Å². The fourth-order valence-electron chi connectivity index (χ4n) is 2.64. The van der Waals surface area contributed by atoms with Gasteiger partial charge in [-0.1, -0.05) is 60.7 Å². The number of aromatic hydroxyl groups is 2. The van der Waals surface area contributed by atoms with Crippen molar-refractivity contribution in [2.45, 2.75) is 0 Å². The molecule has 0 aliphatic rings. The summed E-state index contributed by atoms with van der Waals surface area (Å²) in [5.41, 5.74) is 0. The topological polar surface area (TPSA) is 74.6 Å². The number of phenolic OH excluding ortho intramolecular Hbond substituents is 2. The highest BCUT2D eigenvalue weighted by molar-refractivity contribution is 7.86. The SMILES string of the molecule is O=Pc1c(O)ccc(O)c1P(=O)(c1ccccc1)c1ccccc1. The van der Waals surface area contributed by atoms with E-state index in [1.54, 1.807) is 60.7 Å². The maximum Gasteiger partial charge on any atom is 0.197 e. The Labute approximate surface area is 141 Å². The van der Waals surface area contributed by atoms with Crippen LogP contribution in [0.2, 0.25) is 0 Å². The fourth-order valence-corrected chi connectivity index (χ4v) is 6.36. The monoisotopic (exact) mass is 356 g/mol. The van der Waals surface area contributed by atoms with Crippen LogP contribution in [-0.2, 0) is 9.13 Å². The van der Waals surface area contributed by atoms with Crippen LogP contribution in [0.3, 0.4) is 0 Å². The third kappa shape index (κ3) is 2.65. The minimum atomic E-state index is -3.51. The standard InChI is InChI=1S/C18H14O4P2/c19-15-11-12-16(20)18(17(15)23-21)24(22,13-7-3-1-4-8-13)14-9-5-2-6-10-14/h1-12,19-20H. The number of phenols is 2. The summed E-state index contributed by atoms with van der Waals surface area (Å²) in [6, 6.07) is 19.9. The average molecular weight is 356 g/mol. The van der Waals surface area contributed by atoms with Crippen LogP contribution in [0.5, 0.6) is 11.5 Å². The Morgan fingerprint density at radius 2 is 1.17 bits per heavy atom. The zero-order valence-corrected chi connectivity index (χ0v) is 14.3. The minimum Gasteiger partial charge on any atom is -0.507 e. The van der Waals surface area contributed by atoms with Crippen LogP contribution in [-0.4, -0.2) is 10.2 Å². The van der Waals surface area contributed by atoms with Crippen molar-refractivity contribution in [3.8, 4) is 11.5 Å². The molecular weight excluding hydrogens is 342 g/mol. The zero-order chi connectivity index (χ0) is 17.2. The van der Waals surface area contributed by atoms with E-state index in [9.17, 15) is 19.3 Å². The molecule has 0 unspecified atom stereocenters. The summed E-state index contributed by atoms with van der Waals surface area (Å²) >= 11 is 0. The van der Waals surface area contributed by atoms with E-state index in [1.807, 2.05) is 0 Å². The average Bonchev–Trinajstić information content (AvgIpc) is 2.64. The number of rotatable bonds is 4. The van der Waals surface area contributed by atoms with Crippen LogP contribution in [0.25, 0.3) is 0 Å². The van der Waals surface area contributed by atoms with E-state index in [2.05, 4.69) is 0 Å². The highest BCUT2D eigenvalue weighted by Gasteiger charge is 2.36. The first-order valence-corrected chi connectivity index (χ1v) is 9.71. The van der Waals surface area contributed by atoms with Gasteiger partial charge in [0.15, 0.2) is 15.6 Å². The molecule has 0 heterocycles. The summed E-state index contributed by atoms with van der Waals surface area (Å²) in [6.45, 7) is 0. The van der Waals surface area contributed by atoms with Gasteiger partial charge in [0.1, 0.15) is 11.5 Å². The largest absolute Gasteiger partial charge is 0.507 e. The van der Waals surface area contributed by atoms with Gasteiger partial charge in [0.05, 0.1) is 10.6 Å². The first-order chi connectivity index (χ1) is 11.6. The molecule has 4 nitrogen and oxygen atoms in total. The lowest BCUT2D eigenvalue weighted by Gasteiger charge is -2.22. The molecule has 0 bridgehead atoms. The smallest absolute Gasteiger partial charge is 0.197 e. The molecule has 2 N–H and O–H groups in total. The van der Waals surface area contributed by atoms with Gasteiger partial charge in [0.2, 0.25) is 0 Å². The molecule has 24 heavy (non-hydrogen) atoms. The van der Waals surface area contributed by atoms with Crippen molar-refractivity contribution < 1.29 is 19.3 Å². The maximum atomic E-state index is 14.2. The molecule has 0 saturated heterocycles. The lowest BCUT2D eigenvalue weighted by atomic mass is 10.3. The highest BCUT2D eigenvalue weighted by atomic mass is 31.2. The van der Waals surface area contributed by atoms with Crippen molar-refractivity contribution in [1.29, 1.82) is 0 Å². The molecule has 0 saturated carbocycles. The van der Waals surface area contributed by atoms with Gasteiger partial charge in [-0.15, -0.1) is 0 Å². The Bertz CT molecular complexity index is 881. The molecule has 3 aromatic carbocycles. The second kappa shape index (κ2) is 6.60. The zero-order valence-electron chi connectivity index (χ0n) is 12.5. The summed E-state index contributed by atoms with van der Waals surface area (Å²) < 4.78 is 25.8. The van der Waals surface area contributed by atoms with Crippen molar-refractivity contribution in [2.75, 3.05) is 0 Å². The number of hydrogen-bond acceptors (Lipinski definition) is 4. The van der Waals surface area contributed by atoms with Crippen molar-refractivity contribution in [1.82, 2.24) is 0 Å². The molecule has 0 aromatic heterocycles. The normalized spacial score (nSPS) is 11.5. The van der Waals surface area contributed by atoms with Crippen LogP contribution >= 0.6 is 15.6 Å². The molecule has 3 aromatic rings. The Hall–Kier alpha value is -2.41. The third-order valence-electron chi connectivity index (χ3n) is 3.75. The molecule has 0 aliphatic heterocycles. The fraction of sp³-hybridized carbons (Fsp3) is 0. The summed E-state index contributed by atoms with van der Waals surface area (Å²) in [4.78, 5) is 0. The molecule has 3 rings (SSSR count). The van der Waals surface area contributed by atoms with Gasteiger partial charge in [0.25, 0.3) is 0 Å². The van der Waals surface area contributed by atoms with E-state index in [0.29, 0.717) is 10.6 Å². The van der Waals surface area contributed by atoms with Crippen molar-refractivity contribution >= 4 is 36.8 Å². The summed E-state index contributed by atoms with van der Waals surface area (Å²) in [7, 11) is -4.02. The van der Waals surface area contributed by atoms with Crippen LogP contribution in [0.4, 0.5) is 0 Å². The lowest BCUT2D eigenvalue weighted by Crippen LogP contribution is -2.32. The Kier molecular flexibility index (Phi) is 4.53. The van der Waals surface area contributed by atoms with E-state index in [1.165, 1.54) is 12.1 Å². The summed E-state index contributed by atoms with van der Waals surface area (Å²) in [5, 5.41) is 21.3. The van der Waals surface area contributed by atoms with E-state index in [4.69, 9.17) is 0 Å². The maximum absolute atomic E-state index is 14.2. The molecule has 0 fully saturated rings. The van der Waals surface area contributed by atoms with E-state index < -0.39 is 15.6 Å². The second-order valence-electron chi connectivity index (χ2n) is 5.17. The molecule has 6 heteroatoms. The van der Waals surface area contributed by atoms with Crippen LogP contribution in [0.1, 0.15) is 0 Å². The second-order valence-corrected chi connectivity index (χ2v) is 8.50. The van der Waals surface area contributed by atoms with Crippen LogP contribution in [0, 0.1) is 0 Å².